The summed E-state index contributed by atoms with van der Waals surface area (Å²) in [5, 5.41) is 14.1. The summed E-state index contributed by atoms with van der Waals surface area (Å²) in [5.74, 6) is 0.572. The highest BCUT2D eigenvalue weighted by Gasteiger charge is 2.12. The molecule has 2 aromatic rings. The first-order chi connectivity index (χ1) is 7.16. The fourth-order valence-electron chi connectivity index (χ4n) is 1.59. The SMILES string of the molecule is Cc1cc(C)n(CC(O)c2ccco2)n1. The second kappa shape index (κ2) is 3.90. The maximum Gasteiger partial charge on any atom is 0.134 e. The van der Waals surface area contributed by atoms with E-state index in [1.54, 1.807) is 23.1 Å². The molecule has 0 amide bonds. The molecule has 1 N–H and O–H groups in total. The summed E-state index contributed by atoms with van der Waals surface area (Å²) in [6, 6.07) is 5.50. The molecule has 4 heteroatoms. The summed E-state index contributed by atoms with van der Waals surface area (Å²) in [6.07, 6.45) is 0.915. The number of aromatic nitrogens is 2. The number of furan rings is 1. The number of aliphatic hydroxyl groups is 1. The van der Waals surface area contributed by atoms with Crippen molar-refractivity contribution in [2.45, 2.75) is 26.5 Å². The van der Waals surface area contributed by atoms with E-state index < -0.39 is 6.10 Å². The molecule has 1 unspecified atom stereocenters. The first kappa shape index (κ1) is 9.98. The Morgan fingerprint density at radius 2 is 2.33 bits per heavy atom. The third kappa shape index (κ3) is 2.10. The molecule has 0 spiro atoms. The molecular formula is C11H14N2O2. The molecule has 2 rings (SSSR count). The predicted molar refractivity (Wildman–Crippen MR) is 55.4 cm³/mol. The maximum absolute atomic E-state index is 9.84. The number of rotatable bonds is 3. The van der Waals surface area contributed by atoms with Gasteiger partial charge in [0.25, 0.3) is 0 Å². The van der Waals surface area contributed by atoms with Crippen LogP contribution < -0.4 is 0 Å². The van der Waals surface area contributed by atoms with Crippen LogP contribution in [0.5, 0.6) is 0 Å². The van der Waals surface area contributed by atoms with Gasteiger partial charge >= 0.3 is 0 Å². The summed E-state index contributed by atoms with van der Waals surface area (Å²) in [4.78, 5) is 0. The second-order valence-electron chi connectivity index (χ2n) is 3.64. The average molecular weight is 206 g/mol. The fraction of sp³-hybridized carbons (Fsp3) is 0.364. The molecule has 0 saturated heterocycles. The molecule has 15 heavy (non-hydrogen) atoms. The molecule has 0 radical (unpaired) electrons. The summed E-state index contributed by atoms with van der Waals surface area (Å²) in [6.45, 7) is 4.32. The first-order valence-electron chi connectivity index (χ1n) is 4.89. The monoisotopic (exact) mass is 206 g/mol. The molecule has 2 heterocycles. The van der Waals surface area contributed by atoms with Gasteiger partial charge in [0.2, 0.25) is 0 Å². The van der Waals surface area contributed by atoms with Crippen LogP contribution >= 0.6 is 0 Å². The molecule has 0 bridgehead atoms. The van der Waals surface area contributed by atoms with Gasteiger partial charge in [0.15, 0.2) is 0 Å². The smallest absolute Gasteiger partial charge is 0.134 e. The minimum atomic E-state index is -0.641. The summed E-state index contributed by atoms with van der Waals surface area (Å²) in [7, 11) is 0. The number of hydrogen-bond acceptors (Lipinski definition) is 3. The minimum Gasteiger partial charge on any atom is -0.467 e. The number of aliphatic hydroxyl groups excluding tert-OH is 1. The van der Waals surface area contributed by atoms with Crippen molar-refractivity contribution in [3.8, 4) is 0 Å². The molecule has 0 fully saturated rings. The van der Waals surface area contributed by atoms with E-state index in [1.807, 2.05) is 19.9 Å². The van der Waals surface area contributed by atoms with Crippen LogP contribution in [0.4, 0.5) is 0 Å². The van der Waals surface area contributed by atoms with Crippen LogP contribution in [0.2, 0.25) is 0 Å². The summed E-state index contributed by atoms with van der Waals surface area (Å²) in [5.41, 5.74) is 2.00. The van der Waals surface area contributed by atoms with Crippen molar-refractivity contribution in [2.24, 2.45) is 0 Å². The van der Waals surface area contributed by atoms with E-state index in [1.165, 1.54) is 0 Å². The average Bonchev–Trinajstić information content (AvgIpc) is 2.76. The van der Waals surface area contributed by atoms with E-state index in [9.17, 15) is 5.11 Å². The minimum absolute atomic E-state index is 0.424. The van der Waals surface area contributed by atoms with Crippen LogP contribution in [0, 0.1) is 13.8 Å². The van der Waals surface area contributed by atoms with Crippen molar-refractivity contribution in [2.75, 3.05) is 0 Å². The van der Waals surface area contributed by atoms with E-state index in [4.69, 9.17) is 4.42 Å². The van der Waals surface area contributed by atoms with Crippen LogP contribution in [-0.4, -0.2) is 14.9 Å². The van der Waals surface area contributed by atoms with Crippen molar-refractivity contribution < 1.29 is 9.52 Å². The van der Waals surface area contributed by atoms with Gasteiger partial charge < -0.3 is 9.52 Å². The normalized spacial score (nSPS) is 13.0. The topological polar surface area (TPSA) is 51.2 Å². The van der Waals surface area contributed by atoms with E-state index in [-0.39, 0.29) is 0 Å². The second-order valence-corrected chi connectivity index (χ2v) is 3.64. The highest BCUT2D eigenvalue weighted by Crippen LogP contribution is 2.16. The van der Waals surface area contributed by atoms with Crippen molar-refractivity contribution in [1.29, 1.82) is 0 Å². The Balaban J connectivity index is 2.12. The first-order valence-corrected chi connectivity index (χ1v) is 4.89. The van der Waals surface area contributed by atoms with Gasteiger partial charge in [0, 0.05) is 5.69 Å². The lowest BCUT2D eigenvalue weighted by Gasteiger charge is -2.09. The molecule has 80 valence electrons. The predicted octanol–water partition coefficient (Wildman–Crippen LogP) is 1.83. The Morgan fingerprint density at radius 3 is 2.87 bits per heavy atom. The molecule has 0 aliphatic heterocycles. The number of aryl methyl sites for hydroxylation is 2. The van der Waals surface area contributed by atoms with Gasteiger partial charge in [-0.3, -0.25) is 4.68 Å². The van der Waals surface area contributed by atoms with Gasteiger partial charge in [0.1, 0.15) is 11.9 Å². The summed E-state index contributed by atoms with van der Waals surface area (Å²) < 4.78 is 6.90. The van der Waals surface area contributed by atoms with Gasteiger partial charge in [-0.15, -0.1) is 0 Å². The van der Waals surface area contributed by atoms with Gasteiger partial charge in [-0.25, -0.2) is 0 Å². The quantitative estimate of drug-likeness (QED) is 0.833. The Hall–Kier alpha value is -1.55. The standard InChI is InChI=1S/C11H14N2O2/c1-8-6-9(2)13(12-8)7-10(14)11-4-3-5-15-11/h3-6,10,14H,7H2,1-2H3. The van der Waals surface area contributed by atoms with Gasteiger partial charge in [-0.1, -0.05) is 0 Å². The van der Waals surface area contributed by atoms with Crippen molar-refractivity contribution in [3.63, 3.8) is 0 Å². The van der Waals surface area contributed by atoms with E-state index in [0.29, 0.717) is 12.3 Å². The van der Waals surface area contributed by atoms with E-state index in [0.717, 1.165) is 11.4 Å². The van der Waals surface area contributed by atoms with Crippen molar-refractivity contribution in [3.05, 3.63) is 41.6 Å². The third-order valence-electron chi connectivity index (χ3n) is 2.32. The van der Waals surface area contributed by atoms with Crippen LogP contribution in [0.3, 0.4) is 0 Å². The lowest BCUT2D eigenvalue weighted by Crippen LogP contribution is -2.10. The van der Waals surface area contributed by atoms with Crippen LogP contribution in [0.25, 0.3) is 0 Å². The maximum atomic E-state index is 9.84. The zero-order valence-corrected chi connectivity index (χ0v) is 8.84. The fourth-order valence-corrected chi connectivity index (χ4v) is 1.59. The zero-order chi connectivity index (χ0) is 10.8. The Kier molecular flexibility index (Phi) is 2.60. The van der Waals surface area contributed by atoms with E-state index in [2.05, 4.69) is 5.10 Å². The summed E-state index contributed by atoms with van der Waals surface area (Å²) >= 11 is 0. The Labute approximate surface area is 88.1 Å². The molecule has 4 nitrogen and oxygen atoms in total. The largest absolute Gasteiger partial charge is 0.467 e. The van der Waals surface area contributed by atoms with Gasteiger partial charge in [0.05, 0.1) is 18.5 Å². The Bertz CT molecular complexity index is 431. The number of nitrogens with zero attached hydrogens (tertiary/aromatic N) is 2. The lowest BCUT2D eigenvalue weighted by atomic mass is 10.3. The molecule has 0 aliphatic rings. The number of hydrogen-bond donors (Lipinski definition) is 1. The van der Waals surface area contributed by atoms with Crippen molar-refractivity contribution in [1.82, 2.24) is 9.78 Å². The highest BCUT2D eigenvalue weighted by molar-refractivity contribution is 5.08. The Morgan fingerprint density at radius 1 is 1.53 bits per heavy atom. The van der Waals surface area contributed by atoms with Crippen LogP contribution in [0.15, 0.2) is 28.9 Å². The third-order valence-corrected chi connectivity index (χ3v) is 2.32. The lowest BCUT2D eigenvalue weighted by molar-refractivity contribution is 0.125. The van der Waals surface area contributed by atoms with E-state index >= 15 is 0 Å². The molecule has 0 aliphatic carbocycles. The van der Waals surface area contributed by atoms with Crippen LogP contribution in [-0.2, 0) is 6.54 Å². The molecule has 0 saturated carbocycles. The van der Waals surface area contributed by atoms with Crippen LogP contribution in [0.1, 0.15) is 23.3 Å². The zero-order valence-electron chi connectivity index (χ0n) is 8.84. The molecular weight excluding hydrogens is 192 g/mol. The highest BCUT2D eigenvalue weighted by atomic mass is 16.4. The molecule has 1 atom stereocenters. The van der Waals surface area contributed by atoms with Crippen molar-refractivity contribution >= 4 is 0 Å². The van der Waals surface area contributed by atoms with Gasteiger partial charge in [-0.05, 0) is 32.0 Å². The molecule has 2 aromatic heterocycles. The molecule has 0 aromatic carbocycles. The van der Waals surface area contributed by atoms with Gasteiger partial charge in [-0.2, -0.15) is 5.10 Å².